The van der Waals surface area contributed by atoms with E-state index in [-0.39, 0.29) is 11.7 Å². The lowest BCUT2D eigenvalue weighted by Crippen LogP contribution is -2.21. The number of carbonyl (C=O) groups is 1. The van der Waals surface area contributed by atoms with Crippen LogP contribution in [0.5, 0.6) is 0 Å². The Morgan fingerprint density at radius 1 is 1.58 bits per heavy atom. The normalized spacial score (nSPS) is 29.3. The first-order valence-corrected chi connectivity index (χ1v) is 4.70. The molecule has 0 aromatic rings. The van der Waals surface area contributed by atoms with Crippen molar-refractivity contribution in [2.45, 2.75) is 39.0 Å². The molecular formula is C11H16O. The Morgan fingerprint density at radius 3 is 2.92 bits per heavy atom. The van der Waals surface area contributed by atoms with Crippen molar-refractivity contribution >= 4 is 5.78 Å². The summed E-state index contributed by atoms with van der Waals surface area (Å²) in [7, 11) is 0. The van der Waals surface area contributed by atoms with Gasteiger partial charge in [0.25, 0.3) is 0 Å². The van der Waals surface area contributed by atoms with Crippen molar-refractivity contribution in [1.29, 1.82) is 0 Å². The first-order chi connectivity index (χ1) is 5.74. The standard InChI is InChI=1S/C11H16O/c1-3-5-11(12)10-7-4-6-9(2)8-10/h1,9-10H,4-8H2,2H3. The molecule has 1 heteroatoms. The average Bonchev–Trinajstić information content (AvgIpc) is 2.05. The molecule has 2 unspecified atom stereocenters. The fourth-order valence-electron chi connectivity index (χ4n) is 1.97. The van der Waals surface area contributed by atoms with Gasteiger partial charge < -0.3 is 0 Å². The van der Waals surface area contributed by atoms with Crippen LogP contribution >= 0.6 is 0 Å². The molecule has 1 nitrogen and oxygen atoms in total. The molecule has 0 saturated heterocycles. The molecule has 1 aliphatic rings. The lowest BCUT2D eigenvalue weighted by Gasteiger charge is -2.24. The maximum atomic E-state index is 11.4. The van der Waals surface area contributed by atoms with Crippen molar-refractivity contribution in [3.05, 3.63) is 0 Å². The van der Waals surface area contributed by atoms with Gasteiger partial charge in [-0.25, -0.2) is 0 Å². The van der Waals surface area contributed by atoms with E-state index in [1.807, 2.05) is 0 Å². The molecule has 0 N–H and O–H groups in total. The molecule has 2 atom stereocenters. The molecule has 0 aromatic heterocycles. The topological polar surface area (TPSA) is 17.1 Å². The van der Waals surface area contributed by atoms with Crippen LogP contribution in [0.4, 0.5) is 0 Å². The maximum Gasteiger partial charge on any atom is 0.147 e. The highest BCUT2D eigenvalue weighted by Crippen LogP contribution is 2.29. The van der Waals surface area contributed by atoms with Crippen LogP contribution in [0.25, 0.3) is 0 Å². The van der Waals surface area contributed by atoms with E-state index in [2.05, 4.69) is 12.8 Å². The monoisotopic (exact) mass is 164 g/mol. The van der Waals surface area contributed by atoms with Gasteiger partial charge in [0.05, 0.1) is 6.42 Å². The first-order valence-electron chi connectivity index (χ1n) is 4.70. The fraction of sp³-hybridized carbons (Fsp3) is 0.727. The van der Waals surface area contributed by atoms with Gasteiger partial charge in [0.2, 0.25) is 0 Å². The van der Waals surface area contributed by atoms with Gasteiger partial charge in [0, 0.05) is 5.92 Å². The van der Waals surface area contributed by atoms with Crippen LogP contribution in [0.15, 0.2) is 0 Å². The second kappa shape index (κ2) is 4.30. The van der Waals surface area contributed by atoms with E-state index >= 15 is 0 Å². The second-order valence-electron chi connectivity index (χ2n) is 3.82. The molecular weight excluding hydrogens is 148 g/mol. The maximum absolute atomic E-state index is 11.4. The molecule has 0 radical (unpaired) electrons. The van der Waals surface area contributed by atoms with Gasteiger partial charge in [-0.2, -0.15) is 0 Å². The van der Waals surface area contributed by atoms with Crippen molar-refractivity contribution in [2.75, 3.05) is 0 Å². The predicted molar refractivity (Wildman–Crippen MR) is 49.6 cm³/mol. The van der Waals surface area contributed by atoms with Gasteiger partial charge in [0.15, 0.2) is 0 Å². The molecule has 0 aromatic carbocycles. The molecule has 0 heterocycles. The number of terminal acetylenes is 1. The molecule has 66 valence electrons. The summed E-state index contributed by atoms with van der Waals surface area (Å²) >= 11 is 0. The quantitative estimate of drug-likeness (QED) is 0.573. The summed E-state index contributed by atoms with van der Waals surface area (Å²) in [6.45, 7) is 2.22. The third-order valence-electron chi connectivity index (χ3n) is 2.67. The first kappa shape index (κ1) is 9.32. The smallest absolute Gasteiger partial charge is 0.147 e. The minimum absolute atomic E-state index is 0.268. The summed E-state index contributed by atoms with van der Waals surface area (Å²) in [4.78, 5) is 11.4. The Hall–Kier alpha value is -0.770. The fourth-order valence-corrected chi connectivity index (χ4v) is 1.97. The van der Waals surface area contributed by atoms with Gasteiger partial charge >= 0.3 is 0 Å². The van der Waals surface area contributed by atoms with Crippen LogP contribution in [0.1, 0.15) is 39.0 Å². The highest BCUT2D eigenvalue weighted by atomic mass is 16.1. The number of carbonyl (C=O) groups excluding carboxylic acids is 1. The summed E-state index contributed by atoms with van der Waals surface area (Å²) in [5.74, 6) is 3.69. The van der Waals surface area contributed by atoms with Crippen molar-refractivity contribution < 1.29 is 4.79 Å². The Morgan fingerprint density at radius 2 is 2.33 bits per heavy atom. The Balaban J connectivity index is 2.41. The van der Waals surface area contributed by atoms with Gasteiger partial charge in [-0.15, -0.1) is 6.42 Å². The lowest BCUT2D eigenvalue weighted by atomic mass is 9.80. The molecule has 12 heavy (non-hydrogen) atoms. The minimum atomic E-state index is 0.268. The van der Waals surface area contributed by atoms with E-state index in [0.29, 0.717) is 12.3 Å². The number of Topliss-reactive ketones (excluding diaryl/α,β-unsaturated/α-hetero) is 1. The van der Waals surface area contributed by atoms with Crippen LogP contribution in [0.2, 0.25) is 0 Å². The minimum Gasteiger partial charge on any atom is -0.298 e. The largest absolute Gasteiger partial charge is 0.298 e. The van der Waals surface area contributed by atoms with E-state index in [0.717, 1.165) is 12.8 Å². The van der Waals surface area contributed by atoms with Crippen molar-refractivity contribution in [2.24, 2.45) is 11.8 Å². The molecule has 0 aliphatic heterocycles. The zero-order chi connectivity index (χ0) is 8.97. The average molecular weight is 164 g/mol. The van der Waals surface area contributed by atoms with Gasteiger partial charge in [0.1, 0.15) is 5.78 Å². The van der Waals surface area contributed by atoms with Gasteiger partial charge in [-0.05, 0) is 18.8 Å². The van der Waals surface area contributed by atoms with Crippen LogP contribution in [-0.2, 0) is 4.79 Å². The van der Waals surface area contributed by atoms with E-state index < -0.39 is 0 Å². The number of hydrogen-bond acceptors (Lipinski definition) is 1. The van der Waals surface area contributed by atoms with Crippen molar-refractivity contribution in [3.8, 4) is 12.3 Å². The summed E-state index contributed by atoms with van der Waals surface area (Å²) in [5.41, 5.74) is 0. The van der Waals surface area contributed by atoms with Crippen LogP contribution < -0.4 is 0 Å². The summed E-state index contributed by atoms with van der Waals surface area (Å²) in [6, 6.07) is 0. The number of hydrogen-bond donors (Lipinski definition) is 0. The van der Waals surface area contributed by atoms with Crippen molar-refractivity contribution in [1.82, 2.24) is 0 Å². The second-order valence-corrected chi connectivity index (χ2v) is 3.82. The molecule has 0 bridgehead atoms. The van der Waals surface area contributed by atoms with Crippen LogP contribution in [0.3, 0.4) is 0 Å². The Kier molecular flexibility index (Phi) is 3.34. The molecule has 1 aliphatic carbocycles. The van der Waals surface area contributed by atoms with E-state index in [9.17, 15) is 4.79 Å². The molecule has 1 saturated carbocycles. The zero-order valence-corrected chi connectivity index (χ0v) is 7.68. The van der Waals surface area contributed by atoms with Gasteiger partial charge in [-0.3, -0.25) is 4.79 Å². The summed E-state index contributed by atoms with van der Waals surface area (Å²) in [5, 5.41) is 0. The highest BCUT2D eigenvalue weighted by Gasteiger charge is 2.23. The Bertz CT molecular complexity index is 200. The van der Waals surface area contributed by atoms with Crippen LogP contribution in [0, 0.1) is 24.2 Å². The van der Waals surface area contributed by atoms with Crippen LogP contribution in [-0.4, -0.2) is 5.78 Å². The molecule has 1 rings (SSSR count). The van der Waals surface area contributed by atoms with Crippen molar-refractivity contribution in [3.63, 3.8) is 0 Å². The SMILES string of the molecule is C#CCC(=O)C1CCCC(C)C1. The Labute approximate surface area is 74.5 Å². The van der Waals surface area contributed by atoms with E-state index in [1.165, 1.54) is 12.8 Å². The number of rotatable bonds is 2. The van der Waals surface area contributed by atoms with E-state index in [1.54, 1.807) is 0 Å². The highest BCUT2D eigenvalue weighted by molar-refractivity contribution is 5.83. The third kappa shape index (κ3) is 2.37. The van der Waals surface area contributed by atoms with Gasteiger partial charge in [-0.1, -0.05) is 25.7 Å². The summed E-state index contributed by atoms with van der Waals surface area (Å²) < 4.78 is 0. The zero-order valence-electron chi connectivity index (χ0n) is 7.68. The molecule has 1 fully saturated rings. The summed E-state index contributed by atoms with van der Waals surface area (Å²) in [6.07, 6.45) is 10.0. The lowest BCUT2D eigenvalue weighted by molar-refractivity contribution is -0.123. The third-order valence-corrected chi connectivity index (χ3v) is 2.67. The molecule has 0 amide bonds. The van der Waals surface area contributed by atoms with E-state index in [4.69, 9.17) is 6.42 Å². The molecule has 0 spiro atoms. The number of ketones is 1. The predicted octanol–water partition coefficient (Wildman–Crippen LogP) is 2.41.